The normalized spacial score (nSPS) is 18.3. The second-order valence-corrected chi connectivity index (χ2v) is 4.09. The van der Waals surface area contributed by atoms with Gasteiger partial charge in [-0.25, -0.2) is 14.6 Å². The first-order chi connectivity index (χ1) is 9.13. The lowest BCUT2D eigenvalue weighted by atomic mass is 10.2. The SMILES string of the molecule is C=CCOC(=O)N1CCC[C@H]1c1nc(C(=O)O)co1. The lowest BCUT2D eigenvalue weighted by Crippen LogP contribution is -2.31. The van der Waals surface area contributed by atoms with Gasteiger partial charge in [-0.3, -0.25) is 4.90 Å². The number of oxazole rings is 1. The number of carboxylic acids is 1. The topological polar surface area (TPSA) is 92.9 Å². The highest BCUT2D eigenvalue weighted by Crippen LogP contribution is 2.31. The zero-order chi connectivity index (χ0) is 13.8. The Balaban J connectivity index is 2.11. The van der Waals surface area contributed by atoms with E-state index in [4.69, 9.17) is 14.3 Å². The van der Waals surface area contributed by atoms with E-state index >= 15 is 0 Å². The third-order valence-electron chi connectivity index (χ3n) is 2.84. The van der Waals surface area contributed by atoms with E-state index < -0.39 is 12.1 Å². The molecule has 7 heteroatoms. The number of amides is 1. The number of carbonyl (C=O) groups excluding carboxylic acids is 1. The highest BCUT2D eigenvalue weighted by molar-refractivity contribution is 5.84. The number of carboxylic acid groups (broad SMARTS) is 1. The Morgan fingerprint density at radius 2 is 2.47 bits per heavy atom. The van der Waals surface area contributed by atoms with Crippen LogP contribution < -0.4 is 0 Å². The van der Waals surface area contributed by atoms with Crippen molar-refractivity contribution in [2.24, 2.45) is 0 Å². The van der Waals surface area contributed by atoms with E-state index in [1.54, 1.807) is 0 Å². The fourth-order valence-electron chi connectivity index (χ4n) is 1.99. The number of likely N-dealkylation sites (tertiary alicyclic amines) is 1. The number of ether oxygens (including phenoxy) is 1. The van der Waals surface area contributed by atoms with Gasteiger partial charge in [-0.05, 0) is 12.8 Å². The van der Waals surface area contributed by atoms with Gasteiger partial charge in [0.2, 0.25) is 5.89 Å². The molecule has 1 aromatic heterocycles. The van der Waals surface area contributed by atoms with E-state index in [0.29, 0.717) is 13.0 Å². The van der Waals surface area contributed by atoms with Crippen molar-refractivity contribution in [2.45, 2.75) is 18.9 Å². The van der Waals surface area contributed by atoms with Crippen molar-refractivity contribution in [3.63, 3.8) is 0 Å². The van der Waals surface area contributed by atoms with Crippen LogP contribution in [-0.2, 0) is 4.74 Å². The molecule has 2 rings (SSSR count). The largest absolute Gasteiger partial charge is 0.476 e. The first kappa shape index (κ1) is 13.1. The van der Waals surface area contributed by atoms with Crippen LogP contribution in [0.1, 0.15) is 35.3 Å². The third-order valence-corrected chi connectivity index (χ3v) is 2.84. The summed E-state index contributed by atoms with van der Waals surface area (Å²) in [7, 11) is 0. The Hall–Kier alpha value is -2.31. The zero-order valence-electron chi connectivity index (χ0n) is 10.2. The van der Waals surface area contributed by atoms with Gasteiger partial charge in [0.1, 0.15) is 18.9 Å². The van der Waals surface area contributed by atoms with E-state index in [1.165, 1.54) is 11.0 Å². The predicted molar refractivity (Wildman–Crippen MR) is 63.7 cm³/mol. The number of carbonyl (C=O) groups is 2. The minimum Gasteiger partial charge on any atom is -0.476 e. The van der Waals surface area contributed by atoms with Crippen molar-refractivity contribution in [3.8, 4) is 0 Å². The molecule has 1 atom stereocenters. The molecule has 0 saturated carbocycles. The minimum atomic E-state index is -1.16. The first-order valence-electron chi connectivity index (χ1n) is 5.86. The Morgan fingerprint density at radius 3 is 3.11 bits per heavy atom. The molecule has 0 aliphatic carbocycles. The quantitative estimate of drug-likeness (QED) is 0.836. The van der Waals surface area contributed by atoms with Crippen LogP contribution in [0.4, 0.5) is 4.79 Å². The van der Waals surface area contributed by atoms with Crippen molar-refractivity contribution < 1.29 is 23.8 Å². The molecule has 0 spiro atoms. The summed E-state index contributed by atoms with van der Waals surface area (Å²) in [5.41, 5.74) is -0.165. The Bertz CT molecular complexity index is 496. The smallest absolute Gasteiger partial charge is 0.410 e. The van der Waals surface area contributed by atoms with E-state index in [9.17, 15) is 9.59 Å². The highest BCUT2D eigenvalue weighted by atomic mass is 16.6. The van der Waals surface area contributed by atoms with Crippen LogP contribution in [0.25, 0.3) is 0 Å². The van der Waals surface area contributed by atoms with Gasteiger partial charge in [0.05, 0.1) is 0 Å². The lowest BCUT2D eigenvalue weighted by molar-refractivity contribution is 0.0690. The molecule has 0 bridgehead atoms. The maximum atomic E-state index is 11.8. The number of aromatic carboxylic acids is 1. The molecule has 7 nitrogen and oxygen atoms in total. The maximum Gasteiger partial charge on any atom is 0.410 e. The summed E-state index contributed by atoms with van der Waals surface area (Å²) in [5, 5.41) is 8.79. The number of aromatic nitrogens is 1. The molecule has 1 aliphatic rings. The molecule has 0 unspecified atom stereocenters. The standard InChI is InChI=1S/C12H14N2O5/c1-2-6-18-12(17)14-5-3-4-9(14)10-13-8(7-19-10)11(15)16/h2,7,9H,1,3-6H2,(H,15,16)/t9-/m0/s1. The molecule has 1 aliphatic heterocycles. The minimum absolute atomic E-state index is 0.133. The van der Waals surface area contributed by atoms with Crippen molar-refractivity contribution >= 4 is 12.1 Å². The van der Waals surface area contributed by atoms with Crippen LogP contribution in [0.3, 0.4) is 0 Å². The van der Waals surface area contributed by atoms with Gasteiger partial charge in [-0.2, -0.15) is 0 Å². The molecule has 2 heterocycles. The summed E-state index contributed by atoms with van der Waals surface area (Å²) in [4.78, 5) is 27.9. The Labute approximate surface area is 109 Å². The van der Waals surface area contributed by atoms with Crippen LogP contribution >= 0.6 is 0 Å². The van der Waals surface area contributed by atoms with E-state index in [0.717, 1.165) is 12.7 Å². The van der Waals surface area contributed by atoms with Gasteiger partial charge in [-0.1, -0.05) is 12.7 Å². The summed E-state index contributed by atoms with van der Waals surface area (Å²) < 4.78 is 10.1. The van der Waals surface area contributed by atoms with Crippen molar-refractivity contribution in [3.05, 3.63) is 30.5 Å². The number of hydrogen-bond donors (Lipinski definition) is 1. The van der Waals surface area contributed by atoms with Crippen molar-refractivity contribution in [1.82, 2.24) is 9.88 Å². The highest BCUT2D eigenvalue weighted by Gasteiger charge is 2.34. The summed E-state index contributed by atoms with van der Waals surface area (Å²) in [6.07, 6.45) is 3.54. The van der Waals surface area contributed by atoms with Gasteiger partial charge in [0.15, 0.2) is 5.69 Å². The predicted octanol–water partition coefficient (Wildman–Crippen LogP) is 1.83. The monoisotopic (exact) mass is 266 g/mol. The van der Waals surface area contributed by atoms with Gasteiger partial charge in [0.25, 0.3) is 0 Å². The molecular weight excluding hydrogens is 252 g/mol. The van der Waals surface area contributed by atoms with Gasteiger partial charge in [-0.15, -0.1) is 0 Å². The molecule has 102 valence electrons. The van der Waals surface area contributed by atoms with Crippen LogP contribution in [0.2, 0.25) is 0 Å². The van der Waals surface area contributed by atoms with Crippen molar-refractivity contribution in [2.75, 3.05) is 13.2 Å². The molecule has 19 heavy (non-hydrogen) atoms. The second kappa shape index (κ2) is 5.55. The summed E-state index contributed by atoms with van der Waals surface area (Å²) in [6.45, 7) is 4.13. The van der Waals surface area contributed by atoms with Crippen molar-refractivity contribution in [1.29, 1.82) is 0 Å². The molecule has 1 aromatic rings. The number of nitrogens with zero attached hydrogens (tertiary/aromatic N) is 2. The third kappa shape index (κ3) is 2.75. The number of rotatable bonds is 4. The first-order valence-corrected chi connectivity index (χ1v) is 5.86. The van der Waals surface area contributed by atoms with E-state index in [1.807, 2.05) is 0 Å². The summed E-state index contributed by atoms with van der Waals surface area (Å²) in [5.74, 6) is -0.931. The summed E-state index contributed by atoms with van der Waals surface area (Å²) >= 11 is 0. The fraction of sp³-hybridized carbons (Fsp3) is 0.417. The van der Waals surface area contributed by atoms with Crippen LogP contribution in [-0.4, -0.2) is 40.2 Å². The van der Waals surface area contributed by atoms with E-state index in [2.05, 4.69) is 11.6 Å². The molecule has 1 N–H and O–H groups in total. The zero-order valence-corrected chi connectivity index (χ0v) is 10.2. The lowest BCUT2D eigenvalue weighted by Gasteiger charge is -2.21. The average Bonchev–Trinajstić information content (AvgIpc) is 3.02. The fourth-order valence-corrected chi connectivity index (χ4v) is 1.99. The summed E-state index contributed by atoms with van der Waals surface area (Å²) in [6, 6.07) is -0.370. The molecule has 1 amide bonds. The van der Waals surface area contributed by atoms with Crippen LogP contribution in [0.15, 0.2) is 23.3 Å². The van der Waals surface area contributed by atoms with Gasteiger partial charge < -0.3 is 14.3 Å². The van der Waals surface area contributed by atoms with Crippen LogP contribution in [0, 0.1) is 0 Å². The molecular formula is C12H14N2O5. The number of hydrogen-bond acceptors (Lipinski definition) is 5. The van der Waals surface area contributed by atoms with Gasteiger partial charge in [0, 0.05) is 6.54 Å². The average molecular weight is 266 g/mol. The van der Waals surface area contributed by atoms with E-state index in [-0.39, 0.29) is 24.2 Å². The van der Waals surface area contributed by atoms with Gasteiger partial charge >= 0.3 is 12.1 Å². The maximum absolute atomic E-state index is 11.8. The van der Waals surface area contributed by atoms with Crippen LogP contribution in [0.5, 0.6) is 0 Å². The Kier molecular flexibility index (Phi) is 3.84. The Morgan fingerprint density at radius 1 is 1.68 bits per heavy atom. The molecule has 1 fully saturated rings. The second-order valence-electron chi connectivity index (χ2n) is 4.09. The molecule has 1 saturated heterocycles. The molecule has 0 aromatic carbocycles. The molecule has 0 radical (unpaired) electrons.